The van der Waals surface area contributed by atoms with Crippen LogP contribution in [-0.4, -0.2) is 41.8 Å². The predicted octanol–water partition coefficient (Wildman–Crippen LogP) is 3.44. The molecule has 2 aromatic carbocycles. The van der Waals surface area contributed by atoms with Crippen molar-refractivity contribution in [3.8, 4) is 0 Å². The summed E-state index contributed by atoms with van der Waals surface area (Å²) in [6.07, 6.45) is 2.09. The van der Waals surface area contributed by atoms with Crippen molar-refractivity contribution in [2.24, 2.45) is 0 Å². The fourth-order valence-electron chi connectivity index (χ4n) is 3.10. The standard InChI is InChI=1S/C22H23ClN2O4/c1-15(24-20(26)18-6-2-3-7-19(18)23)22(28)29-14-16-8-10-17(11-9-16)21(27)25-12-4-5-13-25/h2-3,6-11,15H,4-5,12-14H2,1H3,(H,24,26). The van der Waals surface area contributed by atoms with Crippen molar-refractivity contribution in [2.45, 2.75) is 32.4 Å². The fourth-order valence-corrected chi connectivity index (χ4v) is 3.33. The van der Waals surface area contributed by atoms with E-state index in [1.165, 1.54) is 0 Å². The zero-order valence-electron chi connectivity index (χ0n) is 16.2. The lowest BCUT2D eigenvalue weighted by molar-refractivity contribution is -0.146. The van der Waals surface area contributed by atoms with E-state index in [2.05, 4.69) is 5.32 Å². The Kier molecular flexibility index (Phi) is 6.88. The maximum absolute atomic E-state index is 12.3. The Hall–Kier alpha value is -2.86. The maximum atomic E-state index is 12.3. The average molecular weight is 415 g/mol. The topological polar surface area (TPSA) is 75.7 Å². The molecule has 1 fully saturated rings. The Morgan fingerprint density at radius 3 is 2.38 bits per heavy atom. The highest BCUT2D eigenvalue weighted by Gasteiger charge is 2.21. The molecule has 29 heavy (non-hydrogen) atoms. The highest BCUT2D eigenvalue weighted by Crippen LogP contribution is 2.16. The number of carbonyl (C=O) groups is 3. The lowest BCUT2D eigenvalue weighted by Crippen LogP contribution is -2.39. The first kappa shape index (κ1) is 20.9. The molecule has 1 heterocycles. The van der Waals surface area contributed by atoms with Crippen molar-refractivity contribution in [3.05, 3.63) is 70.2 Å². The van der Waals surface area contributed by atoms with Crippen molar-refractivity contribution in [1.29, 1.82) is 0 Å². The second kappa shape index (κ2) is 9.56. The Balaban J connectivity index is 1.50. The van der Waals surface area contributed by atoms with Gasteiger partial charge in [0.25, 0.3) is 11.8 Å². The van der Waals surface area contributed by atoms with Crippen LogP contribution in [0.25, 0.3) is 0 Å². The highest BCUT2D eigenvalue weighted by atomic mass is 35.5. The minimum atomic E-state index is -0.824. The van der Waals surface area contributed by atoms with E-state index in [9.17, 15) is 14.4 Å². The monoisotopic (exact) mass is 414 g/mol. The second-order valence-electron chi connectivity index (χ2n) is 6.98. The lowest BCUT2D eigenvalue weighted by Gasteiger charge is -2.16. The van der Waals surface area contributed by atoms with Crippen molar-refractivity contribution in [3.63, 3.8) is 0 Å². The normalized spacial score (nSPS) is 14.3. The van der Waals surface area contributed by atoms with Crippen LogP contribution in [0.1, 0.15) is 46.0 Å². The van der Waals surface area contributed by atoms with Crippen LogP contribution in [0.15, 0.2) is 48.5 Å². The molecule has 1 saturated heterocycles. The summed E-state index contributed by atoms with van der Waals surface area (Å²) < 4.78 is 5.28. The van der Waals surface area contributed by atoms with Crippen molar-refractivity contribution in [2.75, 3.05) is 13.1 Å². The van der Waals surface area contributed by atoms with E-state index >= 15 is 0 Å². The van der Waals surface area contributed by atoms with Crippen LogP contribution in [-0.2, 0) is 16.1 Å². The average Bonchev–Trinajstić information content (AvgIpc) is 3.27. The number of hydrogen-bond donors (Lipinski definition) is 1. The largest absolute Gasteiger partial charge is 0.459 e. The van der Waals surface area contributed by atoms with Crippen LogP contribution in [0.5, 0.6) is 0 Å². The fraction of sp³-hybridized carbons (Fsp3) is 0.318. The summed E-state index contributed by atoms with van der Waals surface area (Å²) in [4.78, 5) is 38.6. The molecule has 1 unspecified atom stereocenters. The SMILES string of the molecule is CC(NC(=O)c1ccccc1Cl)C(=O)OCc1ccc(C(=O)N2CCCC2)cc1. The number of rotatable bonds is 6. The van der Waals surface area contributed by atoms with Crippen LogP contribution in [0.4, 0.5) is 0 Å². The molecule has 0 aromatic heterocycles. The van der Waals surface area contributed by atoms with E-state index in [1.54, 1.807) is 55.5 Å². The van der Waals surface area contributed by atoms with E-state index in [-0.39, 0.29) is 12.5 Å². The molecule has 2 amide bonds. The maximum Gasteiger partial charge on any atom is 0.328 e. The zero-order valence-corrected chi connectivity index (χ0v) is 16.9. The van der Waals surface area contributed by atoms with Crippen molar-refractivity contribution < 1.29 is 19.1 Å². The summed E-state index contributed by atoms with van der Waals surface area (Å²) in [5.74, 6) is -0.964. The van der Waals surface area contributed by atoms with E-state index < -0.39 is 17.9 Å². The third kappa shape index (κ3) is 5.35. The van der Waals surface area contributed by atoms with Gasteiger partial charge in [-0.05, 0) is 49.6 Å². The molecule has 0 aliphatic carbocycles. The highest BCUT2D eigenvalue weighted by molar-refractivity contribution is 6.33. The number of ether oxygens (including phenoxy) is 1. The predicted molar refractivity (Wildman–Crippen MR) is 110 cm³/mol. The van der Waals surface area contributed by atoms with Gasteiger partial charge in [-0.3, -0.25) is 9.59 Å². The molecule has 1 N–H and O–H groups in total. The number of nitrogens with one attached hydrogen (secondary N) is 1. The number of hydrogen-bond acceptors (Lipinski definition) is 4. The van der Waals surface area contributed by atoms with Gasteiger partial charge in [-0.1, -0.05) is 35.9 Å². The number of halogens is 1. The number of likely N-dealkylation sites (tertiary alicyclic amines) is 1. The molecule has 1 atom stereocenters. The van der Waals surface area contributed by atoms with Gasteiger partial charge in [0, 0.05) is 18.7 Å². The smallest absolute Gasteiger partial charge is 0.328 e. The van der Waals surface area contributed by atoms with E-state index in [4.69, 9.17) is 16.3 Å². The van der Waals surface area contributed by atoms with E-state index in [0.717, 1.165) is 31.5 Å². The zero-order chi connectivity index (χ0) is 20.8. The van der Waals surface area contributed by atoms with Gasteiger partial charge >= 0.3 is 5.97 Å². The van der Waals surface area contributed by atoms with Gasteiger partial charge in [-0.2, -0.15) is 0 Å². The molecule has 2 aromatic rings. The lowest BCUT2D eigenvalue weighted by atomic mass is 10.1. The Morgan fingerprint density at radius 2 is 1.72 bits per heavy atom. The third-order valence-electron chi connectivity index (χ3n) is 4.79. The van der Waals surface area contributed by atoms with Gasteiger partial charge in [0.05, 0.1) is 10.6 Å². The molecule has 0 spiro atoms. The van der Waals surface area contributed by atoms with Crippen molar-refractivity contribution in [1.82, 2.24) is 10.2 Å². The van der Waals surface area contributed by atoms with E-state index in [1.807, 2.05) is 4.90 Å². The minimum Gasteiger partial charge on any atom is -0.459 e. The molecule has 0 bridgehead atoms. The molecule has 7 heteroatoms. The number of esters is 1. The summed E-state index contributed by atoms with van der Waals surface area (Å²) in [6.45, 7) is 3.21. The first-order chi connectivity index (χ1) is 14.0. The van der Waals surface area contributed by atoms with Crippen LogP contribution < -0.4 is 5.32 Å². The summed E-state index contributed by atoms with van der Waals surface area (Å²) in [5, 5.41) is 2.89. The molecule has 0 radical (unpaired) electrons. The molecule has 1 aliphatic rings. The molecule has 6 nitrogen and oxygen atoms in total. The molecule has 0 saturated carbocycles. The summed E-state index contributed by atoms with van der Waals surface area (Å²) in [6, 6.07) is 12.8. The quantitative estimate of drug-likeness (QED) is 0.734. The van der Waals surface area contributed by atoms with Gasteiger partial charge in [0.15, 0.2) is 0 Å². The Morgan fingerprint density at radius 1 is 1.07 bits per heavy atom. The third-order valence-corrected chi connectivity index (χ3v) is 5.12. The number of benzene rings is 2. The molecular weight excluding hydrogens is 392 g/mol. The van der Waals surface area contributed by atoms with Crippen LogP contribution in [0, 0.1) is 0 Å². The van der Waals surface area contributed by atoms with Gasteiger partial charge in [0.2, 0.25) is 0 Å². The minimum absolute atomic E-state index is 0.0296. The van der Waals surface area contributed by atoms with Gasteiger partial charge in [0.1, 0.15) is 12.6 Å². The summed E-state index contributed by atoms with van der Waals surface area (Å²) >= 11 is 6.00. The second-order valence-corrected chi connectivity index (χ2v) is 7.39. The van der Waals surface area contributed by atoms with Gasteiger partial charge in [-0.25, -0.2) is 4.79 Å². The Labute approximate surface area is 174 Å². The molecule has 1 aliphatic heterocycles. The van der Waals surface area contributed by atoms with Crippen molar-refractivity contribution >= 4 is 29.4 Å². The van der Waals surface area contributed by atoms with Crippen LogP contribution in [0.2, 0.25) is 5.02 Å². The number of carbonyl (C=O) groups excluding carboxylic acids is 3. The number of nitrogens with zero attached hydrogens (tertiary/aromatic N) is 1. The van der Waals surface area contributed by atoms with Gasteiger partial charge in [-0.15, -0.1) is 0 Å². The molecular formula is C22H23ClN2O4. The first-order valence-electron chi connectivity index (χ1n) is 9.56. The Bertz CT molecular complexity index is 892. The number of amides is 2. The summed E-state index contributed by atoms with van der Waals surface area (Å²) in [5.41, 5.74) is 1.69. The molecule has 3 rings (SSSR count). The molecule has 152 valence electrons. The van der Waals surface area contributed by atoms with Crippen LogP contribution >= 0.6 is 11.6 Å². The van der Waals surface area contributed by atoms with Crippen LogP contribution in [0.3, 0.4) is 0 Å². The van der Waals surface area contributed by atoms with Gasteiger partial charge < -0.3 is 15.0 Å². The first-order valence-corrected chi connectivity index (χ1v) is 9.94. The van der Waals surface area contributed by atoms with E-state index in [0.29, 0.717) is 16.1 Å². The summed E-state index contributed by atoms with van der Waals surface area (Å²) in [7, 11) is 0.